The summed E-state index contributed by atoms with van der Waals surface area (Å²) >= 11 is 0. The number of aromatic hydroxyl groups is 1. The Morgan fingerprint density at radius 1 is 1.29 bits per heavy atom. The quantitative estimate of drug-likeness (QED) is 0.758. The SMILES string of the molecule is CCNC(=O)Oc1ccc(O)c(-c2cncc(-c3nnco3)c2)c1. The topological polar surface area (TPSA) is 110 Å². The number of hydrogen-bond acceptors (Lipinski definition) is 7. The van der Waals surface area contributed by atoms with Crippen molar-refractivity contribution >= 4 is 6.09 Å². The van der Waals surface area contributed by atoms with Crippen LogP contribution >= 0.6 is 0 Å². The number of benzene rings is 1. The van der Waals surface area contributed by atoms with Gasteiger partial charge in [-0.15, -0.1) is 10.2 Å². The van der Waals surface area contributed by atoms with Crippen LogP contribution in [0.4, 0.5) is 4.79 Å². The lowest BCUT2D eigenvalue weighted by Crippen LogP contribution is -2.26. The first-order valence-electron chi connectivity index (χ1n) is 7.18. The summed E-state index contributed by atoms with van der Waals surface area (Å²) in [5, 5.41) is 20.1. The number of pyridine rings is 1. The zero-order valence-electron chi connectivity index (χ0n) is 12.8. The predicted octanol–water partition coefficient (Wildman–Crippen LogP) is 2.61. The highest BCUT2D eigenvalue weighted by molar-refractivity contribution is 5.76. The van der Waals surface area contributed by atoms with E-state index in [1.165, 1.54) is 18.5 Å². The number of amides is 1. The van der Waals surface area contributed by atoms with Crippen LogP contribution in [0.15, 0.2) is 47.5 Å². The second-order valence-corrected chi connectivity index (χ2v) is 4.80. The van der Waals surface area contributed by atoms with Crippen LogP contribution in [0, 0.1) is 0 Å². The molecule has 2 N–H and O–H groups in total. The average molecular weight is 326 g/mol. The fourth-order valence-corrected chi connectivity index (χ4v) is 2.10. The molecular weight excluding hydrogens is 312 g/mol. The molecular formula is C16H14N4O4. The van der Waals surface area contributed by atoms with Crippen LogP contribution < -0.4 is 10.1 Å². The molecule has 0 unspecified atom stereocenters. The lowest BCUT2D eigenvalue weighted by Gasteiger charge is -2.09. The smallest absolute Gasteiger partial charge is 0.412 e. The monoisotopic (exact) mass is 326 g/mol. The first-order chi connectivity index (χ1) is 11.7. The lowest BCUT2D eigenvalue weighted by molar-refractivity contribution is 0.201. The van der Waals surface area contributed by atoms with E-state index in [2.05, 4.69) is 20.5 Å². The molecule has 2 heterocycles. The first-order valence-corrected chi connectivity index (χ1v) is 7.18. The second-order valence-electron chi connectivity index (χ2n) is 4.80. The summed E-state index contributed by atoms with van der Waals surface area (Å²) in [4.78, 5) is 15.6. The highest BCUT2D eigenvalue weighted by Crippen LogP contribution is 2.33. The zero-order chi connectivity index (χ0) is 16.9. The predicted molar refractivity (Wildman–Crippen MR) is 84.3 cm³/mol. The molecule has 1 aromatic carbocycles. The molecule has 0 saturated heterocycles. The van der Waals surface area contributed by atoms with E-state index in [1.54, 1.807) is 31.5 Å². The third kappa shape index (κ3) is 3.32. The summed E-state index contributed by atoms with van der Waals surface area (Å²) in [7, 11) is 0. The van der Waals surface area contributed by atoms with E-state index in [0.717, 1.165) is 0 Å². The molecule has 0 aliphatic carbocycles. The van der Waals surface area contributed by atoms with E-state index >= 15 is 0 Å². The van der Waals surface area contributed by atoms with Gasteiger partial charge in [-0.25, -0.2) is 4.79 Å². The van der Waals surface area contributed by atoms with Crippen molar-refractivity contribution in [2.45, 2.75) is 6.92 Å². The second kappa shape index (κ2) is 6.78. The molecule has 0 atom stereocenters. The molecule has 0 aliphatic rings. The van der Waals surface area contributed by atoms with Gasteiger partial charge in [-0.3, -0.25) is 4.98 Å². The number of ether oxygens (including phenoxy) is 1. The molecule has 3 aromatic rings. The summed E-state index contributed by atoms with van der Waals surface area (Å²) in [5.41, 5.74) is 1.69. The third-order valence-corrected chi connectivity index (χ3v) is 3.16. The number of rotatable bonds is 4. The normalized spacial score (nSPS) is 10.4. The number of nitrogens with one attached hydrogen (secondary N) is 1. The van der Waals surface area contributed by atoms with E-state index in [1.807, 2.05) is 0 Å². The molecule has 0 saturated carbocycles. The molecule has 8 nitrogen and oxygen atoms in total. The largest absolute Gasteiger partial charge is 0.507 e. The Morgan fingerprint density at radius 2 is 2.12 bits per heavy atom. The molecule has 1 amide bonds. The van der Waals surface area contributed by atoms with Gasteiger partial charge in [0.05, 0.1) is 5.56 Å². The Morgan fingerprint density at radius 3 is 2.88 bits per heavy atom. The van der Waals surface area contributed by atoms with E-state index in [4.69, 9.17) is 9.15 Å². The molecule has 2 aromatic heterocycles. The van der Waals surface area contributed by atoms with Crippen molar-refractivity contribution in [3.05, 3.63) is 43.1 Å². The Bertz CT molecular complexity index is 849. The van der Waals surface area contributed by atoms with Crippen molar-refractivity contribution in [1.29, 1.82) is 0 Å². The molecule has 3 rings (SSSR count). The first kappa shape index (κ1) is 15.5. The summed E-state index contributed by atoms with van der Waals surface area (Å²) in [5.74, 6) is 0.651. The Hall–Kier alpha value is -3.42. The van der Waals surface area contributed by atoms with Crippen molar-refractivity contribution in [1.82, 2.24) is 20.5 Å². The van der Waals surface area contributed by atoms with Crippen molar-refractivity contribution in [3.8, 4) is 34.1 Å². The number of nitrogens with zero attached hydrogens (tertiary/aromatic N) is 3. The maximum Gasteiger partial charge on any atom is 0.412 e. The minimum Gasteiger partial charge on any atom is -0.507 e. The highest BCUT2D eigenvalue weighted by atomic mass is 16.6. The van der Waals surface area contributed by atoms with Crippen LogP contribution in [0.5, 0.6) is 11.5 Å². The molecule has 24 heavy (non-hydrogen) atoms. The summed E-state index contributed by atoms with van der Waals surface area (Å²) < 4.78 is 10.3. The molecule has 0 aliphatic heterocycles. The van der Waals surface area contributed by atoms with Gasteiger partial charge in [0.1, 0.15) is 11.5 Å². The molecule has 0 bridgehead atoms. The van der Waals surface area contributed by atoms with Gasteiger partial charge < -0.3 is 19.6 Å². The number of hydrogen-bond donors (Lipinski definition) is 2. The van der Waals surface area contributed by atoms with E-state index < -0.39 is 6.09 Å². The number of phenolic OH excluding ortho intramolecular Hbond substituents is 1. The van der Waals surface area contributed by atoms with Crippen LogP contribution in [-0.2, 0) is 0 Å². The maximum atomic E-state index is 11.5. The van der Waals surface area contributed by atoms with Crippen LogP contribution in [0.2, 0.25) is 0 Å². The van der Waals surface area contributed by atoms with Gasteiger partial charge in [0, 0.05) is 30.1 Å². The fraction of sp³-hybridized carbons (Fsp3) is 0.125. The molecule has 122 valence electrons. The minimum absolute atomic E-state index is 0.0303. The van der Waals surface area contributed by atoms with Crippen molar-refractivity contribution in [3.63, 3.8) is 0 Å². The average Bonchev–Trinajstić information content (AvgIpc) is 3.11. The maximum absolute atomic E-state index is 11.5. The van der Waals surface area contributed by atoms with Gasteiger partial charge in [-0.2, -0.15) is 0 Å². The van der Waals surface area contributed by atoms with Gasteiger partial charge in [-0.05, 0) is 31.2 Å². The summed E-state index contributed by atoms with van der Waals surface area (Å²) in [6.07, 6.45) is 3.81. The summed E-state index contributed by atoms with van der Waals surface area (Å²) in [6.45, 7) is 2.25. The number of carbonyl (C=O) groups excluding carboxylic acids is 1. The van der Waals surface area contributed by atoms with Gasteiger partial charge in [0.2, 0.25) is 12.3 Å². The van der Waals surface area contributed by atoms with Crippen LogP contribution in [0.1, 0.15) is 6.92 Å². The fourth-order valence-electron chi connectivity index (χ4n) is 2.10. The van der Waals surface area contributed by atoms with Gasteiger partial charge in [0.25, 0.3) is 0 Å². The highest BCUT2D eigenvalue weighted by Gasteiger charge is 2.12. The van der Waals surface area contributed by atoms with Crippen molar-refractivity contribution in [2.75, 3.05) is 6.54 Å². The van der Waals surface area contributed by atoms with Crippen LogP contribution in [-0.4, -0.2) is 32.9 Å². The number of phenols is 1. The summed E-state index contributed by atoms with van der Waals surface area (Å²) in [6, 6.07) is 6.25. The molecule has 0 spiro atoms. The van der Waals surface area contributed by atoms with Gasteiger partial charge in [-0.1, -0.05) is 0 Å². The Balaban J connectivity index is 1.94. The molecule has 8 heteroatoms. The molecule has 0 radical (unpaired) electrons. The Kier molecular flexibility index (Phi) is 4.37. The minimum atomic E-state index is -0.563. The lowest BCUT2D eigenvalue weighted by atomic mass is 10.0. The number of aromatic nitrogens is 3. The van der Waals surface area contributed by atoms with Gasteiger partial charge in [0.15, 0.2) is 0 Å². The Labute approximate surface area is 137 Å². The van der Waals surface area contributed by atoms with Gasteiger partial charge >= 0.3 is 6.09 Å². The van der Waals surface area contributed by atoms with Crippen molar-refractivity contribution < 1.29 is 19.1 Å². The van der Waals surface area contributed by atoms with Crippen molar-refractivity contribution in [2.24, 2.45) is 0 Å². The third-order valence-electron chi connectivity index (χ3n) is 3.16. The zero-order valence-corrected chi connectivity index (χ0v) is 12.8. The van der Waals surface area contributed by atoms with E-state index in [9.17, 15) is 9.90 Å². The standard InChI is InChI=1S/C16H14N4O4/c1-2-18-16(22)24-12-3-4-14(21)13(6-12)10-5-11(8-17-7-10)15-20-19-9-23-15/h3-9,21H,2H2,1H3,(H,18,22). The van der Waals surface area contributed by atoms with Crippen LogP contribution in [0.25, 0.3) is 22.6 Å². The van der Waals surface area contributed by atoms with E-state index in [0.29, 0.717) is 34.9 Å². The number of carbonyl (C=O) groups is 1. The molecule has 0 fully saturated rings. The van der Waals surface area contributed by atoms with E-state index in [-0.39, 0.29) is 5.75 Å². The van der Waals surface area contributed by atoms with Crippen LogP contribution in [0.3, 0.4) is 0 Å².